The van der Waals surface area contributed by atoms with Gasteiger partial charge in [0.05, 0.1) is 5.69 Å². The standard InChI is InChI=1S/C16H27N3O/c1-6-20-14(12-7-8-12)15-18-11(2)9-13(19-15)10-17-16(3,4)5/h9,12,14,17H,6-8,10H2,1-5H3. The molecule has 1 aromatic rings. The molecular weight excluding hydrogens is 250 g/mol. The highest BCUT2D eigenvalue weighted by molar-refractivity contribution is 5.13. The predicted octanol–water partition coefficient (Wildman–Crippen LogP) is 3.16. The van der Waals surface area contributed by atoms with Crippen LogP contribution in [-0.4, -0.2) is 22.1 Å². The molecule has 0 bridgehead atoms. The van der Waals surface area contributed by atoms with E-state index in [4.69, 9.17) is 9.72 Å². The molecule has 0 aromatic carbocycles. The van der Waals surface area contributed by atoms with Gasteiger partial charge in [0.2, 0.25) is 0 Å². The smallest absolute Gasteiger partial charge is 0.157 e. The lowest BCUT2D eigenvalue weighted by Gasteiger charge is -2.21. The molecule has 1 N–H and O–H groups in total. The van der Waals surface area contributed by atoms with Crippen LogP contribution in [-0.2, 0) is 11.3 Å². The molecule has 0 spiro atoms. The summed E-state index contributed by atoms with van der Waals surface area (Å²) in [7, 11) is 0. The van der Waals surface area contributed by atoms with Crippen LogP contribution in [0.3, 0.4) is 0 Å². The maximum absolute atomic E-state index is 5.86. The summed E-state index contributed by atoms with van der Waals surface area (Å²) in [5.74, 6) is 1.47. The number of nitrogens with zero attached hydrogens (tertiary/aromatic N) is 2. The third-order valence-electron chi connectivity index (χ3n) is 3.38. The van der Waals surface area contributed by atoms with Gasteiger partial charge in [-0.05, 0) is 59.4 Å². The van der Waals surface area contributed by atoms with Gasteiger partial charge in [0.15, 0.2) is 5.82 Å². The second kappa shape index (κ2) is 6.19. The van der Waals surface area contributed by atoms with Crippen molar-refractivity contribution in [2.45, 2.75) is 65.6 Å². The highest BCUT2D eigenvalue weighted by Gasteiger charge is 2.35. The van der Waals surface area contributed by atoms with E-state index in [0.29, 0.717) is 12.5 Å². The van der Waals surface area contributed by atoms with Crippen molar-refractivity contribution in [2.75, 3.05) is 6.61 Å². The Morgan fingerprint density at radius 1 is 1.35 bits per heavy atom. The SMILES string of the molecule is CCOC(c1nc(C)cc(CNC(C)(C)C)n1)C1CC1. The minimum absolute atomic E-state index is 0.0771. The van der Waals surface area contributed by atoms with Crippen LogP contribution in [0.4, 0.5) is 0 Å². The monoisotopic (exact) mass is 277 g/mol. The molecular formula is C16H27N3O. The first-order valence-electron chi connectivity index (χ1n) is 7.60. The number of aryl methyl sites for hydroxylation is 1. The van der Waals surface area contributed by atoms with Crippen molar-refractivity contribution in [3.63, 3.8) is 0 Å². The normalized spacial score (nSPS) is 17.2. The van der Waals surface area contributed by atoms with E-state index in [-0.39, 0.29) is 11.6 Å². The first-order valence-corrected chi connectivity index (χ1v) is 7.60. The summed E-state index contributed by atoms with van der Waals surface area (Å²) in [5, 5.41) is 3.48. The van der Waals surface area contributed by atoms with Crippen LogP contribution in [0.25, 0.3) is 0 Å². The zero-order valence-corrected chi connectivity index (χ0v) is 13.4. The summed E-state index contributed by atoms with van der Waals surface area (Å²) in [6.45, 7) is 12.0. The summed E-state index contributed by atoms with van der Waals surface area (Å²) in [4.78, 5) is 9.31. The molecule has 1 aliphatic rings. The second-order valence-corrected chi connectivity index (χ2v) is 6.68. The zero-order valence-electron chi connectivity index (χ0n) is 13.4. The number of ether oxygens (including phenoxy) is 1. The van der Waals surface area contributed by atoms with Crippen LogP contribution in [0.1, 0.15) is 63.9 Å². The van der Waals surface area contributed by atoms with Crippen molar-refractivity contribution < 1.29 is 4.74 Å². The zero-order chi connectivity index (χ0) is 14.8. The summed E-state index contributed by atoms with van der Waals surface area (Å²) >= 11 is 0. The van der Waals surface area contributed by atoms with Gasteiger partial charge in [-0.2, -0.15) is 0 Å². The van der Waals surface area contributed by atoms with Gasteiger partial charge in [-0.25, -0.2) is 9.97 Å². The van der Waals surface area contributed by atoms with Gasteiger partial charge < -0.3 is 10.1 Å². The first-order chi connectivity index (χ1) is 9.39. The second-order valence-electron chi connectivity index (χ2n) is 6.68. The van der Waals surface area contributed by atoms with Gasteiger partial charge >= 0.3 is 0 Å². The van der Waals surface area contributed by atoms with Crippen LogP contribution in [0.2, 0.25) is 0 Å². The minimum atomic E-state index is 0.0771. The Balaban J connectivity index is 2.14. The highest BCUT2D eigenvalue weighted by atomic mass is 16.5. The van der Waals surface area contributed by atoms with Gasteiger partial charge in [-0.3, -0.25) is 0 Å². The Bertz CT molecular complexity index is 450. The van der Waals surface area contributed by atoms with E-state index in [9.17, 15) is 0 Å². The maximum atomic E-state index is 5.86. The summed E-state index contributed by atoms with van der Waals surface area (Å²) in [6, 6.07) is 2.05. The van der Waals surface area contributed by atoms with Crippen LogP contribution >= 0.6 is 0 Å². The lowest BCUT2D eigenvalue weighted by molar-refractivity contribution is 0.0397. The number of aromatic nitrogens is 2. The molecule has 0 amide bonds. The Kier molecular flexibility index (Phi) is 4.76. The lowest BCUT2D eigenvalue weighted by Crippen LogP contribution is -2.35. The minimum Gasteiger partial charge on any atom is -0.370 e. The van der Waals surface area contributed by atoms with Gasteiger partial charge in [0.25, 0.3) is 0 Å². The van der Waals surface area contributed by atoms with Crippen molar-refractivity contribution in [1.82, 2.24) is 15.3 Å². The Morgan fingerprint density at radius 3 is 2.60 bits per heavy atom. The Hall–Kier alpha value is -1.00. The van der Waals surface area contributed by atoms with E-state index in [1.807, 2.05) is 13.8 Å². The number of rotatable bonds is 6. The van der Waals surface area contributed by atoms with Gasteiger partial charge in [0.1, 0.15) is 6.10 Å². The lowest BCUT2D eigenvalue weighted by atomic mass is 10.1. The molecule has 0 aliphatic heterocycles. The van der Waals surface area contributed by atoms with E-state index in [0.717, 1.165) is 23.8 Å². The van der Waals surface area contributed by atoms with Crippen molar-refractivity contribution >= 4 is 0 Å². The van der Waals surface area contributed by atoms with Crippen LogP contribution in [0.5, 0.6) is 0 Å². The first kappa shape index (κ1) is 15.4. The van der Waals surface area contributed by atoms with Gasteiger partial charge in [0, 0.05) is 24.4 Å². The molecule has 4 nitrogen and oxygen atoms in total. The summed E-state index contributed by atoms with van der Waals surface area (Å²) in [5.41, 5.74) is 2.16. The van der Waals surface area contributed by atoms with E-state index in [1.165, 1.54) is 12.8 Å². The van der Waals surface area contributed by atoms with E-state index < -0.39 is 0 Å². The van der Waals surface area contributed by atoms with Crippen molar-refractivity contribution in [3.8, 4) is 0 Å². The van der Waals surface area contributed by atoms with Crippen LogP contribution in [0.15, 0.2) is 6.07 Å². The molecule has 1 unspecified atom stereocenters. The molecule has 0 radical (unpaired) electrons. The fourth-order valence-corrected chi connectivity index (χ4v) is 2.23. The largest absolute Gasteiger partial charge is 0.370 e. The molecule has 1 fully saturated rings. The average molecular weight is 277 g/mol. The third-order valence-corrected chi connectivity index (χ3v) is 3.38. The molecule has 20 heavy (non-hydrogen) atoms. The molecule has 1 saturated carbocycles. The number of hydrogen-bond acceptors (Lipinski definition) is 4. The summed E-state index contributed by atoms with van der Waals surface area (Å²) < 4.78 is 5.86. The van der Waals surface area contributed by atoms with Gasteiger partial charge in [-0.15, -0.1) is 0 Å². The molecule has 1 aliphatic carbocycles. The van der Waals surface area contributed by atoms with E-state index in [1.54, 1.807) is 0 Å². The van der Waals surface area contributed by atoms with Crippen molar-refractivity contribution in [2.24, 2.45) is 5.92 Å². The molecule has 2 rings (SSSR count). The molecule has 0 saturated heterocycles. The fraction of sp³-hybridized carbons (Fsp3) is 0.750. The van der Waals surface area contributed by atoms with Crippen LogP contribution < -0.4 is 5.32 Å². The number of hydrogen-bond donors (Lipinski definition) is 1. The topological polar surface area (TPSA) is 47.0 Å². The fourth-order valence-electron chi connectivity index (χ4n) is 2.23. The van der Waals surface area contributed by atoms with Gasteiger partial charge in [-0.1, -0.05) is 0 Å². The predicted molar refractivity (Wildman–Crippen MR) is 80.5 cm³/mol. The Morgan fingerprint density at radius 2 is 2.05 bits per heavy atom. The molecule has 1 aromatic heterocycles. The van der Waals surface area contributed by atoms with E-state index in [2.05, 4.69) is 37.1 Å². The average Bonchev–Trinajstić information content (AvgIpc) is 3.16. The summed E-state index contributed by atoms with van der Waals surface area (Å²) in [6.07, 6.45) is 2.54. The molecule has 1 heterocycles. The quantitative estimate of drug-likeness (QED) is 0.867. The van der Waals surface area contributed by atoms with Crippen molar-refractivity contribution in [1.29, 1.82) is 0 Å². The molecule has 1 atom stereocenters. The van der Waals surface area contributed by atoms with E-state index >= 15 is 0 Å². The van der Waals surface area contributed by atoms with Crippen LogP contribution in [0, 0.1) is 12.8 Å². The Labute approximate surface area is 122 Å². The molecule has 4 heteroatoms. The molecule has 112 valence electrons. The number of nitrogens with one attached hydrogen (secondary N) is 1. The maximum Gasteiger partial charge on any atom is 0.157 e. The third kappa shape index (κ3) is 4.53. The van der Waals surface area contributed by atoms with Crippen molar-refractivity contribution in [3.05, 3.63) is 23.3 Å². The highest BCUT2D eigenvalue weighted by Crippen LogP contribution is 2.42.